The molecule has 1 heterocycles. The molecule has 2 heteroatoms. The molecule has 1 aliphatic heterocycles. The van der Waals surface area contributed by atoms with Gasteiger partial charge in [0.15, 0.2) is 0 Å². The zero-order chi connectivity index (χ0) is 9.90. The first-order chi connectivity index (χ1) is 6.06. The van der Waals surface area contributed by atoms with Crippen molar-refractivity contribution in [2.45, 2.75) is 25.8 Å². The van der Waals surface area contributed by atoms with Crippen LogP contribution >= 0.6 is 0 Å². The summed E-state index contributed by atoms with van der Waals surface area (Å²) < 4.78 is 5.33. The van der Waals surface area contributed by atoms with Gasteiger partial charge >= 0.3 is 0 Å². The maximum absolute atomic E-state index is 5.46. The predicted octanol–water partition coefficient (Wildman–Crippen LogP) is 1.37. The second-order valence-corrected chi connectivity index (χ2v) is 4.31. The summed E-state index contributed by atoms with van der Waals surface area (Å²) >= 11 is 0. The van der Waals surface area contributed by atoms with Crippen LogP contribution in [-0.4, -0.2) is 37.2 Å². The van der Waals surface area contributed by atoms with E-state index < -0.39 is 0 Å². The first-order valence-corrected chi connectivity index (χ1v) is 4.83. The normalized spacial score (nSPS) is 23.5. The second kappa shape index (κ2) is 4.13. The minimum absolute atomic E-state index is 0.136. The summed E-state index contributed by atoms with van der Waals surface area (Å²) in [5.41, 5.74) is -0.136. The lowest BCUT2D eigenvalue weighted by atomic mass is 10.0. The van der Waals surface area contributed by atoms with Gasteiger partial charge in [-0.25, -0.2) is 0 Å². The Balaban J connectivity index is 2.40. The molecule has 0 aliphatic carbocycles. The quantitative estimate of drug-likeness (QED) is 0.610. The van der Waals surface area contributed by atoms with Gasteiger partial charge in [0, 0.05) is 13.2 Å². The van der Waals surface area contributed by atoms with Crippen molar-refractivity contribution in [3.63, 3.8) is 0 Å². The number of hydrogen-bond donors (Lipinski definition) is 0. The van der Waals surface area contributed by atoms with Crippen molar-refractivity contribution in [1.29, 1.82) is 0 Å². The Hall–Kier alpha value is -0.520. The lowest BCUT2D eigenvalue weighted by Gasteiger charge is -2.32. The lowest BCUT2D eigenvalue weighted by molar-refractivity contribution is 0.150. The molecule has 1 unspecified atom stereocenters. The predicted molar refractivity (Wildman–Crippen MR) is 54.5 cm³/mol. The average molecular weight is 181 g/mol. The summed E-state index contributed by atoms with van der Waals surface area (Å²) in [7, 11) is 2.08. The second-order valence-electron chi connectivity index (χ2n) is 4.31. The topological polar surface area (TPSA) is 12.5 Å². The molecule has 0 aromatic rings. The van der Waals surface area contributed by atoms with Crippen LogP contribution in [0.2, 0.25) is 0 Å². The molecule has 0 aromatic heterocycles. The van der Waals surface area contributed by atoms with Crippen LogP contribution in [0.1, 0.15) is 20.3 Å². The summed E-state index contributed by atoms with van der Waals surface area (Å²) in [4.78, 5) is 2.23. The van der Waals surface area contributed by atoms with Crippen molar-refractivity contribution < 1.29 is 4.74 Å². The van der Waals surface area contributed by atoms with Crippen LogP contribution in [-0.2, 0) is 4.74 Å². The van der Waals surface area contributed by atoms with Crippen LogP contribution in [0.3, 0.4) is 0 Å². The van der Waals surface area contributed by atoms with E-state index in [9.17, 15) is 0 Å². The van der Waals surface area contributed by atoms with Crippen LogP contribution in [0.25, 0.3) is 0 Å². The van der Waals surface area contributed by atoms with Crippen LogP contribution in [0, 0.1) is 18.3 Å². The van der Waals surface area contributed by atoms with Crippen molar-refractivity contribution in [2.75, 3.05) is 26.8 Å². The Bertz CT molecular complexity index is 199. The highest BCUT2D eigenvalue weighted by molar-refractivity contribution is 5.08. The molecule has 1 aliphatic rings. The van der Waals surface area contributed by atoms with Gasteiger partial charge in [-0.3, -0.25) is 4.90 Å². The maximum Gasteiger partial charge on any atom is 0.0763 e. The highest BCUT2D eigenvalue weighted by atomic mass is 16.5. The van der Waals surface area contributed by atoms with Crippen LogP contribution in [0.5, 0.6) is 0 Å². The van der Waals surface area contributed by atoms with Gasteiger partial charge in [-0.1, -0.05) is 5.92 Å². The number of nitrogens with zero attached hydrogens (tertiary/aromatic N) is 1. The van der Waals surface area contributed by atoms with Gasteiger partial charge in [-0.15, -0.1) is 6.42 Å². The summed E-state index contributed by atoms with van der Waals surface area (Å²) in [5, 5.41) is 0. The van der Waals surface area contributed by atoms with Gasteiger partial charge in [0.1, 0.15) is 0 Å². The summed E-state index contributed by atoms with van der Waals surface area (Å²) in [6.07, 6.45) is 6.63. The molecular weight excluding hydrogens is 162 g/mol. The smallest absolute Gasteiger partial charge is 0.0763 e. The third-order valence-corrected chi connectivity index (χ3v) is 2.86. The van der Waals surface area contributed by atoms with E-state index >= 15 is 0 Å². The molecule has 13 heavy (non-hydrogen) atoms. The van der Waals surface area contributed by atoms with Crippen molar-refractivity contribution >= 4 is 0 Å². The minimum Gasteiger partial charge on any atom is -0.381 e. The third-order valence-electron chi connectivity index (χ3n) is 2.86. The first-order valence-electron chi connectivity index (χ1n) is 4.83. The molecule has 0 N–H and O–H groups in total. The Morgan fingerprint density at radius 1 is 1.62 bits per heavy atom. The largest absolute Gasteiger partial charge is 0.381 e. The number of hydrogen-bond acceptors (Lipinski definition) is 2. The third kappa shape index (κ3) is 2.72. The summed E-state index contributed by atoms with van der Waals surface area (Å²) in [5.74, 6) is 3.46. The lowest BCUT2D eigenvalue weighted by Crippen LogP contribution is -2.42. The zero-order valence-corrected chi connectivity index (χ0v) is 8.84. The minimum atomic E-state index is -0.136. The van der Waals surface area contributed by atoms with Crippen molar-refractivity contribution in [3.8, 4) is 12.3 Å². The van der Waals surface area contributed by atoms with E-state index in [1.807, 2.05) is 0 Å². The highest BCUT2D eigenvalue weighted by Gasteiger charge is 2.25. The average Bonchev–Trinajstić information content (AvgIpc) is 2.57. The van der Waals surface area contributed by atoms with Crippen LogP contribution in [0.15, 0.2) is 0 Å². The molecule has 0 saturated carbocycles. The number of terminal acetylenes is 1. The van der Waals surface area contributed by atoms with E-state index in [0.29, 0.717) is 5.92 Å². The fourth-order valence-electron chi connectivity index (χ4n) is 1.45. The van der Waals surface area contributed by atoms with Crippen molar-refractivity contribution in [2.24, 2.45) is 5.92 Å². The maximum atomic E-state index is 5.46. The van der Waals surface area contributed by atoms with Crippen LogP contribution in [0.4, 0.5) is 0 Å². The van der Waals surface area contributed by atoms with Gasteiger partial charge < -0.3 is 4.74 Å². The molecule has 2 nitrogen and oxygen atoms in total. The molecule has 0 amide bonds. The van der Waals surface area contributed by atoms with E-state index in [0.717, 1.165) is 19.8 Å². The number of ether oxygens (including phenoxy) is 1. The Morgan fingerprint density at radius 2 is 2.31 bits per heavy atom. The van der Waals surface area contributed by atoms with Gasteiger partial charge in [0.2, 0.25) is 0 Å². The number of rotatable bonds is 3. The first kappa shape index (κ1) is 10.6. The molecule has 0 bridgehead atoms. The zero-order valence-electron chi connectivity index (χ0n) is 8.84. The molecule has 74 valence electrons. The Labute approximate surface area is 81.3 Å². The molecule has 0 spiro atoms. The van der Waals surface area contributed by atoms with E-state index in [-0.39, 0.29) is 5.54 Å². The van der Waals surface area contributed by atoms with Gasteiger partial charge in [-0.2, -0.15) is 0 Å². The fourth-order valence-corrected chi connectivity index (χ4v) is 1.45. The molecular formula is C11H19NO. The molecule has 1 fully saturated rings. The molecule has 1 atom stereocenters. The highest BCUT2D eigenvalue weighted by Crippen LogP contribution is 2.18. The van der Waals surface area contributed by atoms with E-state index in [1.165, 1.54) is 6.42 Å². The summed E-state index contributed by atoms with van der Waals surface area (Å²) in [6, 6.07) is 0. The van der Waals surface area contributed by atoms with Crippen LogP contribution < -0.4 is 0 Å². The summed E-state index contributed by atoms with van der Waals surface area (Å²) in [6.45, 7) is 6.99. The standard InChI is InChI=1S/C11H19NO/c1-5-11(2,3)12(4)8-10-6-7-13-9-10/h1,10H,6-9H2,2-4H3. The van der Waals surface area contributed by atoms with E-state index in [1.54, 1.807) is 0 Å². The molecule has 1 saturated heterocycles. The molecule has 0 radical (unpaired) electrons. The molecule has 0 aromatic carbocycles. The fraction of sp³-hybridized carbons (Fsp3) is 0.818. The Kier molecular flexibility index (Phi) is 3.35. The van der Waals surface area contributed by atoms with Crippen molar-refractivity contribution in [3.05, 3.63) is 0 Å². The van der Waals surface area contributed by atoms with Gasteiger partial charge in [-0.05, 0) is 33.2 Å². The van der Waals surface area contributed by atoms with Gasteiger partial charge in [0.05, 0.1) is 12.1 Å². The Morgan fingerprint density at radius 3 is 2.77 bits per heavy atom. The van der Waals surface area contributed by atoms with Crippen molar-refractivity contribution in [1.82, 2.24) is 4.90 Å². The molecule has 1 rings (SSSR count). The SMILES string of the molecule is C#CC(C)(C)N(C)CC1CCOC1. The monoisotopic (exact) mass is 181 g/mol. The van der Waals surface area contributed by atoms with E-state index in [2.05, 4.69) is 31.7 Å². The van der Waals surface area contributed by atoms with Gasteiger partial charge in [0.25, 0.3) is 0 Å². The van der Waals surface area contributed by atoms with E-state index in [4.69, 9.17) is 11.2 Å².